The average molecular weight is 210 g/mol. The van der Waals surface area contributed by atoms with Crippen LogP contribution in [0.5, 0.6) is 0 Å². The first-order valence-corrected chi connectivity index (χ1v) is 5.05. The molecule has 0 aromatic carbocycles. The summed E-state index contributed by atoms with van der Waals surface area (Å²) in [5.74, 6) is 0.629. The molecule has 0 bridgehead atoms. The molecule has 15 heavy (non-hydrogen) atoms. The van der Waals surface area contributed by atoms with Crippen LogP contribution in [0.4, 0.5) is 0 Å². The zero-order valence-electron chi connectivity index (χ0n) is 8.66. The maximum absolute atomic E-state index is 11.6. The molecular weight excluding hydrogens is 196 g/mol. The maximum Gasteiger partial charge on any atom is 0.249 e. The summed E-state index contributed by atoms with van der Waals surface area (Å²) >= 11 is 0. The Kier molecular flexibility index (Phi) is 3.01. The van der Waals surface area contributed by atoms with E-state index in [0.29, 0.717) is 18.9 Å². The number of nitrogens with one attached hydrogen (secondary N) is 1. The van der Waals surface area contributed by atoms with Crippen LogP contribution < -0.4 is 5.32 Å². The van der Waals surface area contributed by atoms with E-state index >= 15 is 0 Å². The molecule has 0 aliphatic carbocycles. The molecule has 0 spiro atoms. The molecule has 1 amide bonds. The van der Waals surface area contributed by atoms with Crippen molar-refractivity contribution in [3.8, 4) is 0 Å². The van der Waals surface area contributed by atoms with Gasteiger partial charge < -0.3 is 14.5 Å². The van der Waals surface area contributed by atoms with Gasteiger partial charge in [0.25, 0.3) is 0 Å². The highest BCUT2D eigenvalue weighted by Gasteiger charge is 2.23. The van der Waals surface area contributed by atoms with Crippen LogP contribution in [0.15, 0.2) is 10.8 Å². The number of amides is 1. The molecule has 0 saturated carbocycles. The smallest absolute Gasteiger partial charge is 0.249 e. The molecule has 1 aromatic heterocycles. The summed E-state index contributed by atoms with van der Waals surface area (Å²) < 4.78 is 10.4. The van der Waals surface area contributed by atoms with Crippen molar-refractivity contribution >= 4 is 5.91 Å². The molecule has 0 radical (unpaired) electrons. The van der Waals surface area contributed by atoms with E-state index in [2.05, 4.69) is 10.3 Å². The van der Waals surface area contributed by atoms with Crippen molar-refractivity contribution in [3.05, 3.63) is 17.8 Å². The summed E-state index contributed by atoms with van der Waals surface area (Å²) in [5.41, 5.74) is 0.808. The highest BCUT2D eigenvalue weighted by atomic mass is 16.5. The van der Waals surface area contributed by atoms with Crippen LogP contribution in [0.3, 0.4) is 0 Å². The van der Waals surface area contributed by atoms with E-state index in [1.165, 1.54) is 6.39 Å². The molecule has 1 atom stereocenters. The third kappa shape index (κ3) is 2.36. The fraction of sp³-hybridized carbons (Fsp3) is 0.600. The molecule has 82 valence electrons. The monoisotopic (exact) mass is 210 g/mol. The van der Waals surface area contributed by atoms with Crippen molar-refractivity contribution < 1.29 is 13.9 Å². The van der Waals surface area contributed by atoms with E-state index in [0.717, 1.165) is 18.5 Å². The van der Waals surface area contributed by atoms with Crippen molar-refractivity contribution in [1.29, 1.82) is 0 Å². The van der Waals surface area contributed by atoms with Crippen molar-refractivity contribution in [2.45, 2.75) is 32.4 Å². The summed E-state index contributed by atoms with van der Waals surface area (Å²) in [4.78, 5) is 15.5. The molecule has 1 saturated heterocycles. The van der Waals surface area contributed by atoms with Crippen molar-refractivity contribution in [3.63, 3.8) is 0 Å². The third-order valence-corrected chi connectivity index (χ3v) is 2.49. The molecule has 1 aliphatic rings. The van der Waals surface area contributed by atoms with Gasteiger partial charge in [-0.25, -0.2) is 4.98 Å². The molecule has 1 fully saturated rings. The van der Waals surface area contributed by atoms with Crippen LogP contribution >= 0.6 is 0 Å². The molecule has 1 N–H and O–H groups in total. The maximum atomic E-state index is 11.6. The lowest BCUT2D eigenvalue weighted by molar-refractivity contribution is -0.130. The van der Waals surface area contributed by atoms with E-state index in [4.69, 9.17) is 9.15 Å². The van der Waals surface area contributed by atoms with E-state index in [1.807, 2.05) is 6.92 Å². The Balaban J connectivity index is 1.83. The van der Waals surface area contributed by atoms with Gasteiger partial charge in [-0.15, -0.1) is 0 Å². The normalized spacial score (nSPS) is 20.5. The number of carbonyl (C=O) groups excluding carboxylic acids is 1. The molecule has 1 unspecified atom stereocenters. The standard InChI is InChI=1S/C10H14N2O3/c1-7-9(15-6-12-7)5-11-10(13)8-3-2-4-14-8/h6,8H,2-5H2,1H3,(H,11,13). The van der Waals surface area contributed by atoms with Crippen molar-refractivity contribution in [2.24, 2.45) is 0 Å². The third-order valence-electron chi connectivity index (χ3n) is 2.49. The lowest BCUT2D eigenvalue weighted by Crippen LogP contribution is -2.33. The zero-order chi connectivity index (χ0) is 10.7. The van der Waals surface area contributed by atoms with E-state index in [-0.39, 0.29) is 12.0 Å². The highest BCUT2D eigenvalue weighted by Crippen LogP contribution is 2.12. The van der Waals surface area contributed by atoms with Crippen molar-refractivity contribution in [1.82, 2.24) is 10.3 Å². The molecule has 1 aromatic rings. The van der Waals surface area contributed by atoms with Crippen LogP contribution in [0, 0.1) is 6.92 Å². The Labute approximate surface area is 87.8 Å². The fourth-order valence-electron chi connectivity index (χ4n) is 1.56. The van der Waals surface area contributed by atoms with Crippen LogP contribution in [-0.2, 0) is 16.1 Å². The van der Waals surface area contributed by atoms with Gasteiger partial charge in [0, 0.05) is 6.61 Å². The Bertz CT molecular complexity index is 342. The van der Waals surface area contributed by atoms with Gasteiger partial charge in [-0.2, -0.15) is 0 Å². The largest absolute Gasteiger partial charge is 0.446 e. The second kappa shape index (κ2) is 4.44. The molecule has 5 nitrogen and oxygen atoms in total. The average Bonchev–Trinajstić information content (AvgIpc) is 2.85. The molecule has 1 aliphatic heterocycles. The summed E-state index contributed by atoms with van der Waals surface area (Å²) in [7, 11) is 0. The Hall–Kier alpha value is -1.36. The van der Waals surface area contributed by atoms with E-state index in [1.54, 1.807) is 0 Å². The summed E-state index contributed by atoms with van der Waals surface area (Å²) in [5, 5.41) is 2.77. The number of oxazole rings is 1. The first-order valence-electron chi connectivity index (χ1n) is 5.05. The second-order valence-corrected chi connectivity index (χ2v) is 3.58. The van der Waals surface area contributed by atoms with Crippen LogP contribution in [0.25, 0.3) is 0 Å². The number of nitrogens with zero attached hydrogens (tertiary/aromatic N) is 1. The Morgan fingerprint density at radius 3 is 3.20 bits per heavy atom. The van der Waals surface area contributed by atoms with Gasteiger partial charge in [0.05, 0.1) is 12.2 Å². The minimum absolute atomic E-state index is 0.0664. The van der Waals surface area contributed by atoms with Gasteiger partial charge in [0.15, 0.2) is 6.39 Å². The first kappa shape index (κ1) is 10.2. The number of carbonyl (C=O) groups is 1. The molecule has 2 heterocycles. The fourth-order valence-corrected chi connectivity index (χ4v) is 1.56. The lowest BCUT2D eigenvalue weighted by atomic mass is 10.2. The Morgan fingerprint density at radius 2 is 2.60 bits per heavy atom. The number of hydrogen-bond donors (Lipinski definition) is 1. The van der Waals surface area contributed by atoms with Crippen molar-refractivity contribution in [2.75, 3.05) is 6.61 Å². The quantitative estimate of drug-likeness (QED) is 0.800. The zero-order valence-corrected chi connectivity index (χ0v) is 8.66. The number of aromatic nitrogens is 1. The number of ether oxygens (including phenoxy) is 1. The van der Waals surface area contributed by atoms with Gasteiger partial charge in [0.1, 0.15) is 11.9 Å². The van der Waals surface area contributed by atoms with Crippen LogP contribution in [0.1, 0.15) is 24.3 Å². The molecule has 2 rings (SSSR count). The highest BCUT2D eigenvalue weighted by molar-refractivity contribution is 5.80. The van der Waals surface area contributed by atoms with Gasteiger partial charge >= 0.3 is 0 Å². The number of hydrogen-bond acceptors (Lipinski definition) is 4. The van der Waals surface area contributed by atoms with Crippen LogP contribution in [-0.4, -0.2) is 23.6 Å². The number of aryl methyl sites for hydroxylation is 1. The van der Waals surface area contributed by atoms with Crippen LogP contribution in [0.2, 0.25) is 0 Å². The van der Waals surface area contributed by atoms with Gasteiger partial charge in [-0.1, -0.05) is 0 Å². The van der Waals surface area contributed by atoms with Gasteiger partial charge in [-0.3, -0.25) is 4.79 Å². The summed E-state index contributed by atoms with van der Waals surface area (Å²) in [6, 6.07) is 0. The molecule has 5 heteroatoms. The lowest BCUT2D eigenvalue weighted by Gasteiger charge is -2.08. The first-order chi connectivity index (χ1) is 7.27. The molecular formula is C10H14N2O3. The second-order valence-electron chi connectivity index (χ2n) is 3.58. The number of rotatable bonds is 3. The SMILES string of the molecule is Cc1ncoc1CNC(=O)C1CCCO1. The topological polar surface area (TPSA) is 64.4 Å². The summed E-state index contributed by atoms with van der Waals surface area (Å²) in [6.07, 6.45) is 2.86. The van der Waals surface area contributed by atoms with E-state index in [9.17, 15) is 4.79 Å². The Morgan fingerprint density at radius 1 is 1.73 bits per heavy atom. The minimum Gasteiger partial charge on any atom is -0.446 e. The summed E-state index contributed by atoms with van der Waals surface area (Å²) in [6.45, 7) is 2.90. The predicted molar refractivity (Wildman–Crippen MR) is 52.1 cm³/mol. The predicted octanol–water partition coefficient (Wildman–Crippen LogP) is 0.778. The van der Waals surface area contributed by atoms with Gasteiger partial charge in [0.2, 0.25) is 5.91 Å². The van der Waals surface area contributed by atoms with E-state index < -0.39 is 0 Å². The minimum atomic E-state index is -0.284. The van der Waals surface area contributed by atoms with Gasteiger partial charge in [-0.05, 0) is 19.8 Å².